The van der Waals surface area contributed by atoms with Crippen molar-refractivity contribution in [3.63, 3.8) is 0 Å². The lowest BCUT2D eigenvalue weighted by molar-refractivity contribution is 0.101. The molecule has 0 saturated carbocycles. The SMILES string of the molecule is O=C(Nc1n[nH]c([C@@H]2CCCO2)n1)c1cc(-c2cccnc2)n[nH]1. The Morgan fingerprint density at radius 2 is 2.29 bits per heavy atom. The first-order valence-electron chi connectivity index (χ1n) is 7.60. The summed E-state index contributed by atoms with van der Waals surface area (Å²) in [6.45, 7) is 0.721. The van der Waals surface area contributed by atoms with E-state index >= 15 is 0 Å². The summed E-state index contributed by atoms with van der Waals surface area (Å²) in [7, 11) is 0. The number of carbonyl (C=O) groups is 1. The van der Waals surface area contributed by atoms with Gasteiger partial charge in [-0.05, 0) is 31.0 Å². The van der Waals surface area contributed by atoms with Gasteiger partial charge < -0.3 is 4.74 Å². The van der Waals surface area contributed by atoms with Gasteiger partial charge in [0.2, 0.25) is 5.95 Å². The van der Waals surface area contributed by atoms with Crippen molar-refractivity contribution >= 4 is 11.9 Å². The number of aromatic nitrogens is 6. The fourth-order valence-corrected chi connectivity index (χ4v) is 2.54. The van der Waals surface area contributed by atoms with Crippen molar-refractivity contribution in [2.45, 2.75) is 18.9 Å². The van der Waals surface area contributed by atoms with Crippen LogP contribution >= 0.6 is 0 Å². The molecule has 1 saturated heterocycles. The largest absolute Gasteiger partial charge is 0.370 e. The third kappa shape index (κ3) is 2.88. The fraction of sp³-hybridized carbons (Fsp3) is 0.267. The monoisotopic (exact) mass is 325 g/mol. The maximum Gasteiger partial charge on any atom is 0.276 e. The highest BCUT2D eigenvalue weighted by atomic mass is 16.5. The number of hydrogen-bond acceptors (Lipinski definition) is 6. The molecule has 122 valence electrons. The normalized spacial score (nSPS) is 17.1. The van der Waals surface area contributed by atoms with Crippen molar-refractivity contribution in [1.29, 1.82) is 0 Å². The summed E-state index contributed by atoms with van der Waals surface area (Å²) in [5, 5.41) is 16.3. The Labute approximate surface area is 136 Å². The molecule has 0 aliphatic carbocycles. The molecule has 0 spiro atoms. The summed E-state index contributed by atoms with van der Waals surface area (Å²) in [4.78, 5) is 20.6. The molecule has 0 radical (unpaired) electrons. The fourth-order valence-electron chi connectivity index (χ4n) is 2.54. The van der Waals surface area contributed by atoms with E-state index in [2.05, 4.69) is 35.7 Å². The highest BCUT2D eigenvalue weighted by molar-refractivity contribution is 6.02. The second kappa shape index (κ2) is 6.20. The summed E-state index contributed by atoms with van der Waals surface area (Å²) in [6.07, 6.45) is 5.18. The molecule has 9 heteroatoms. The van der Waals surface area contributed by atoms with Crippen molar-refractivity contribution in [3.8, 4) is 11.3 Å². The van der Waals surface area contributed by atoms with Gasteiger partial charge in [0.15, 0.2) is 5.82 Å². The lowest BCUT2D eigenvalue weighted by atomic mass is 10.2. The molecule has 3 N–H and O–H groups in total. The van der Waals surface area contributed by atoms with Crippen molar-refractivity contribution in [2.75, 3.05) is 11.9 Å². The van der Waals surface area contributed by atoms with Gasteiger partial charge in [-0.15, -0.1) is 5.10 Å². The summed E-state index contributed by atoms with van der Waals surface area (Å²) in [5.41, 5.74) is 1.78. The quantitative estimate of drug-likeness (QED) is 0.671. The van der Waals surface area contributed by atoms with E-state index < -0.39 is 0 Å². The van der Waals surface area contributed by atoms with Gasteiger partial charge in [-0.25, -0.2) is 0 Å². The number of rotatable bonds is 4. The second-order valence-electron chi connectivity index (χ2n) is 5.41. The summed E-state index contributed by atoms with van der Waals surface area (Å²) >= 11 is 0. The minimum Gasteiger partial charge on any atom is -0.370 e. The van der Waals surface area contributed by atoms with E-state index in [0.29, 0.717) is 17.2 Å². The molecule has 1 amide bonds. The van der Waals surface area contributed by atoms with Gasteiger partial charge >= 0.3 is 0 Å². The zero-order valence-electron chi connectivity index (χ0n) is 12.7. The Balaban J connectivity index is 1.46. The number of anilines is 1. The minimum atomic E-state index is -0.365. The minimum absolute atomic E-state index is 0.0764. The molecular weight excluding hydrogens is 310 g/mol. The Bertz CT molecular complexity index is 836. The lowest BCUT2D eigenvalue weighted by Crippen LogP contribution is -2.13. The zero-order valence-corrected chi connectivity index (χ0v) is 12.7. The number of H-pyrrole nitrogens is 2. The number of amides is 1. The topological polar surface area (TPSA) is 121 Å². The van der Waals surface area contributed by atoms with Crippen molar-refractivity contribution in [2.24, 2.45) is 0 Å². The predicted molar refractivity (Wildman–Crippen MR) is 84.1 cm³/mol. The summed E-state index contributed by atoms with van der Waals surface area (Å²) < 4.78 is 5.53. The molecule has 4 heterocycles. The van der Waals surface area contributed by atoms with E-state index in [9.17, 15) is 4.79 Å². The van der Waals surface area contributed by atoms with Gasteiger partial charge in [0.1, 0.15) is 11.8 Å². The van der Waals surface area contributed by atoms with Crippen LogP contribution in [0.5, 0.6) is 0 Å². The number of carbonyl (C=O) groups excluding carboxylic acids is 1. The Morgan fingerprint density at radius 3 is 3.08 bits per heavy atom. The first kappa shape index (κ1) is 14.5. The molecule has 9 nitrogen and oxygen atoms in total. The standard InChI is InChI=1S/C15H15N7O2/c23-14(11-7-10(19-20-11)9-3-1-5-16-8-9)18-15-17-13(21-22-15)12-4-2-6-24-12/h1,3,5,7-8,12H,2,4,6H2,(H,19,20)(H2,17,18,21,22,23)/t12-/m0/s1. The molecule has 1 fully saturated rings. The number of hydrogen-bond donors (Lipinski definition) is 3. The maximum absolute atomic E-state index is 12.3. The number of aromatic amines is 2. The summed E-state index contributed by atoms with van der Waals surface area (Å²) in [5.74, 6) is 0.474. The molecule has 1 atom stereocenters. The second-order valence-corrected chi connectivity index (χ2v) is 5.41. The first-order valence-corrected chi connectivity index (χ1v) is 7.60. The van der Waals surface area contributed by atoms with Crippen LogP contribution in [0.25, 0.3) is 11.3 Å². The van der Waals surface area contributed by atoms with Crippen LogP contribution in [0.1, 0.15) is 35.3 Å². The number of ether oxygens (including phenoxy) is 1. The van der Waals surface area contributed by atoms with E-state index in [-0.39, 0.29) is 18.0 Å². The third-order valence-corrected chi connectivity index (χ3v) is 3.74. The Morgan fingerprint density at radius 1 is 1.33 bits per heavy atom. The maximum atomic E-state index is 12.3. The smallest absolute Gasteiger partial charge is 0.276 e. The number of nitrogens with one attached hydrogen (secondary N) is 3. The highest BCUT2D eigenvalue weighted by Crippen LogP contribution is 2.26. The average molecular weight is 325 g/mol. The van der Waals surface area contributed by atoms with Crippen LogP contribution < -0.4 is 5.32 Å². The van der Waals surface area contributed by atoms with Gasteiger partial charge in [0.25, 0.3) is 5.91 Å². The van der Waals surface area contributed by atoms with Crippen LogP contribution in [0.3, 0.4) is 0 Å². The van der Waals surface area contributed by atoms with Crippen LogP contribution in [0.4, 0.5) is 5.95 Å². The van der Waals surface area contributed by atoms with Crippen LogP contribution in [0.15, 0.2) is 30.6 Å². The molecule has 4 rings (SSSR count). The highest BCUT2D eigenvalue weighted by Gasteiger charge is 2.22. The molecule has 1 aliphatic rings. The van der Waals surface area contributed by atoms with E-state index in [1.165, 1.54) is 0 Å². The van der Waals surface area contributed by atoms with Gasteiger partial charge in [-0.2, -0.15) is 10.1 Å². The average Bonchev–Trinajstić information content (AvgIpc) is 3.36. The van der Waals surface area contributed by atoms with E-state index in [4.69, 9.17) is 4.74 Å². The molecule has 0 aromatic carbocycles. The van der Waals surface area contributed by atoms with Crippen molar-refractivity contribution < 1.29 is 9.53 Å². The van der Waals surface area contributed by atoms with E-state index in [1.807, 2.05) is 12.1 Å². The Kier molecular flexibility index (Phi) is 3.75. The zero-order chi connectivity index (χ0) is 16.4. The van der Waals surface area contributed by atoms with Crippen LogP contribution in [0.2, 0.25) is 0 Å². The van der Waals surface area contributed by atoms with E-state index in [1.54, 1.807) is 18.5 Å². The van der Waals surface area contributed by atoms with Gasteiger partial charge in [-0.3, -0.25) is 25.3 Å². The molecular formula is C15H15N7O2. The number of pyridine rings is 1. The van der Waals surface area contributed by atoms with Crippen LogP contribution in [-0.4, -0.2) is 42.9 Å². The first-order chi connectivity index (χ1) is 11.8. The van der Waals surface area contributed by atoms with Gasteiger partial charge in [0.05, 0.1) is 5.69 Å². The van der Waals surface area contributed by atoms with Crippen LogP contribution in [0, 0.1) is 0 Å². The predicted octanol–water partition coefficient (Wildman–Crippen LogP) is 1.69. The molecule has 3 aromatic heterocycles. The molecule has 0 unspecified atom stereocenters. The Hall–Kier alpha value is -3.07. The molecule has 0 bridgehead atoms. The molecule has 24 heavy (non-hydrogen) atoms. The van der Waals surface area contributed by atoms with Crippen molar-refractivity contribution in [1.82, 2.24) is 30.4 Å². The van der Waals surface area contributed by atoms with E-state index in [0.717, 1.165) is 25.0 Å². The van der Waals surface area contributed by atoms with Gasteiger partial charge in [0, 0.05) is 24.6 Å². The molecule has 3 aromatic rings. The molecule has 1 aliphatic heterocycles. The summed E-state index contributed by atoms with van der Waals surface area (Å²) in [6, 6.07) is 5.33. The van der Waals surface area contributed by atoms with Gasteiger partial charge in [-0.1, -0.05) is 0 Å². The lowest BCUT2D eigenvalue weighted by Gasteiger charge is -2.02. The number of nitrogens with zero attached hydrogens (tertiary/aromatic N) is 4. The van der Waals surface area contributed by atoms with Crippen LogP contribution in [-0.2, 0) is 4.74 Å². The van der Waals surface area contributed by atoms with Crippen molar-refractivity contribution in [3.05, 3.63) is 42.1 Å². The third-order valence-electron chi connectivity index (χ3n) is 3.74.